The Morgan fingerprint density at radius 1 is 1.69 bits per heavy atom. The molecule has 0 aromatic rings. The van der Waals surface area contributed by atoms with E-state index in [9.17, 15) is 9.59 Å². The van der Waals surface area contributed by atoms with Crippen LogP contribution in [-0.4, -0.2) is 30.9 Å². The molecule has 1 rings (SSSR count). The van der Waals surface area contributed by atoms with Gasteiger partial charge in [-0.3, -0.25) is 9.59 Å². The first kappa shape index (κ1) is 9.98. The Kier molecular flexibility index (Phi) is 3.70. The van der Waals surface area contributed by atoms with E-state index in [1.807, 2.05) is 0 Å². The molecule has 74 valence electrons. The van der Waals surface area contributed by atoms with Gasteiger partial charge in [0.05, 0.1) is 0 Å². The first-order valence-electron chi connectivity index (χ1n) is 4.51. The van der Waals surface area contributed by atoms with Crippen LogP contribution < -0.4 is 16.4 Å². The van der Waals surface area contributed by atoms with E-state index in [2.05, 4.69) is 10.6 Å². The van der Waals surface area contributed by atoms with Crippen molar-refractivity contribution in [1.82, 2.24) is 10.6 Å². The lowest BCUT2D eigenvalue weighted by Gasteiger charge is -2.09. The fraction of sp³-hybridized carbons (Fsp3) is 0.750. The molecule has 5 heteroatoms. The summed E-state index contributed by atoms with van der Waals surface area (Å²) in [6.07, 6.45) is 1.83. The van der Waals surface area contributed by atoms with Crippen molar-refractivity contribution >= 4 is 11.8 Å². The van der Waals surface area contributed by atoms with Crippen LogP contribution >= 0.6 is 0 Å². The van der Waals surface area contributed by atoms with Gasteiger partial charge in [-0.1, -0.05) is 0 Å². The first-order chi connectivity index (χ1) is 6.24. The van der Waals surface area contributed by atoms with E-state index in [1.54, 1.807) is 0 Å². The Morgan fingerprint density at radius 2 is 2.46 bits per heavy atom. The normalized spacial score (nSPS) is 21.3. The highest BCUT2D eigenvalue weighted by Gasteiger charge is 2.26. The van der Waals surface area contributed by atoms with Crippen LogP contribution in [0.25, 0.3) is 0 Å². The number of nitrogens with one attached hydrogen (secondary N) is 2. The molecule has 4 N–H and O–H groups in total. The van der Waals surface area contributed by atoms with Gasteiger partial charge < -0.3 is 16.4 Å². The van der Waals surface area contributed by atoms with Gasteiger partial charge in [0.15, 0.2) is 0 Å². The summed E-state index contributed by atoms with van der Waals surface area (Å²) in [4.78, 5) is 22.1. The lowest BCUT2D eigenvalue weighted by molar-refractivity contribution is -0.125. The summed E-state index contributed by atoms with van der Waals surface area (Å²) in [7, 11) is 0. The molecule has 0 aliphatic carbocycles. The maximum Gasteiger partial charge on any atom is 0.242 e. The highest BCUT2D eigenvalue weighted by Crippen LogP contribution is 2.05. The van der Waals surface area contributed by atoms with Crippen molar-refractivity contribution in [2.75, 3.05) is 13.1 Å². The average molecular weight is 185 g/mol. The molecule has 13 heavy (non-hydrogen) atoms. The van der Waals surface area contributed by atoms with Crippen LogP contribution in [0.15, 0.2) is 0 Å². The number of hydrogen-bond acceptors (Lipinski definition) is 3. The number of rotatable bonds is 4. The Morgan fingerprint density at radius 3 is 3.00 bits per heavy atom. The van der Waals surface area contributed by atoms with E-state index >= 15 is 0 Å². The molecule has 0 aromatic heterocycles. The van der Waals surface area contributed by atoms with E-state index in [1.165, 1.54) is 0 Å². The summed E-state index contributed by atoms with van der Waals surface area (Å²) < 4.78 is 0. The number of carbonyl (C=O) groups is 2. The molecule has 1 heterocycles. The van der Waals surface area contributed by atoms with Gasteiger partial charge in [-0.2, -0.15) is 0 Å². The monoisotopic (exact) mass is 185 g/mol. The standard InChI is InChI=1S/C8H15N3O2/c9-4-1-5-10-8(13)6-2-3-7(12)11-6/h6H,1-5,9H2,(H,10,13)(H,11,12)/t6-/m0/s1. The molecule has 0 unspecified atom stereocenters. The molecule has 1 saturated heterocycles. The zero-order chi connectivity index (χ0) is 9.68. The molecule has 2 amide bonds. The van der Waals surface area contributed by atoms with E-state index in [4.69, 9.17) is 5.73 Å². The Hall–Kier alpha value is -1.10. The molecule has 0 aromatic carbocycles. The van der Waals surface area contributed by atoms with Crippen molar-refractivity contribution in [1.29, 1.82) is 0 Å². The van der Waals surface area contributed by atoms with Gasteiger partial charge in [0, 0.05) is 13.0 Å². The summed E-state index contributed by atoms with van der Waals surface area (Å²) >= 11 is 0. The molecule has 0 bridgehead atoms. The SMILES string of the molecule is NCCCNC(=O)[C@@H]1CCC(=O)N1. The fourth-order valence-corrected chi connectivity index (χ4v) is 1.25. The summed E-state index contributed by atoms with van der Waals surface area (Å²) in [5, 5.41) is 5.31. The van der Waals surface area contributed by atoms with Crippen molar-refractivity contribution in [3.63, 3.8) is 0 Å². The Balaban J connectivity index is 2.20. The van der Waals surface area contributed by atoms with Crippen LogP contribution in [0.5, 0.6) is 0 Å². The van der Waals surface area contributed by atoms with Gasteiger partial charge >= 0.3 is 0 Å². The largest absolute Gasteiger partial charge is 0.354 e. The second-order valence-electron chi connectivity index (χ2n) is 3.09. The van der Waals surface area contributed by atoms with Crippen LogP contribution in [0.1, 0.15) is 19.3 Å². The third-order valence-electron chi connectivity index (χ3n) is 1.99. The van der Waals surface area contributed by atoms with Gasteiger partial charge in [-0.25, -0.2) is 0 Å². The fourth-order valence-electron chi connectivity index (χ4n) is 1.25. The summed E-state index contributed by atoms with van der Waals surface area (Å²) in [5.41, 5.74) is 5.27. The van der Waals surface area contributed by atoms with Crippen molar-refractivity contribution in [2.45, 2.75) is 25.3 Å². The number of hydrogen-bond donors (Lipinski definition) is 3. The van der Waals surface area contributed by atoms with Crippen molar-refractivity contribution in [3.8, 4) is 0 Å². The van der Waals surface area contributed by atoms with Crippen LogP contribution in [0.4, 0.5) is 0 Å². The average Bonchev–Trinajstić information content (AvgIpc) is 2.52. The smallest absolute Gasteiger partial charge is 0.242 e. The van der Waals surface area contributed by atoms with Crippen LogP contribution in [0.3, 0.4) is 0 Å². The predicted octanol–water partition coefficient (Wildman–Crippen LogP) is -1.27. The molecular formula is C8H15N3O2. The van der Waals surface area contributed by atoms with E-state index in [-0.39, 0.29) is 17.9 Å². The minimum atomic E-state index is -0.328. The molecule has 0 spiro atoms. The third-order valence-corrected chi connectivity index (χ3v) is 1.99. The van der Waals surface area contributed by atoms with Crippen LogP contribution in [-0.2, 0) is 9.59 Å². The Bertz CT molecular complexity index is 206. The number of amides is 2. The van der Waals surface area contributed by atoms with E-state index in [0.29, 0.717) is 25.9 Å². The molecular weight excluding hydrogens is 170 g/mol. The minimum Gasteiger partial charge on any atom is -0.354 e. The van der Waals surface area contributed by atoms with E-state index in [0.717, 1.165) is 6.42 Å². The number of nitrogens with two attached hydrogens (primary N) is 1. The van der Waals surface area contributed by atoms with Gasteiger partial charge in [0.2, 0.25) is 11.8 Å². The molecule has 0 saturated carbocycles. The lowest BCUT2D eigenvalue weighted by atomic mass is 10.2. The summed E-state index contributed by atoms with van der Waals surface area (Å²) in [6.45, 7) is 1.15. The van der Waals surface area contributed by atoms with Gasteiger partial charge in [-0.15, -0.1) is 0 Å². The molecule has 0 radical (unpaired) electrons. The molecule has 1 aliphatic heterocycles. The van der Waals surface area contributed by atoms with E-state index < -0.39 is 0 Å². The topological polar surface area (TPSA) is 84.2 Å². The Labute approximate surface area is 77.1 Å². The second kappa shape index (κ2) is 4.81. The molecule has 1 aliphatic rings. The van der Waals surface area contributed by atoms with Crippen molar-refractivity contribution in [3.05, 3.63) is 0 Å². The van der Waals surface area contributed by atoms with Crippen LogP contribution in [0, 0.1) is 0 Å². The van der Waals surface area contributed by atoms with Gasteiger partial charge in [0.25, 0.3) is 0 Å². The van der Waals surface area contributed by atoms with Crippen molar-refractivity contribution in [2.24, 2.45) is 5.73 Å². The third kappa shape index (κ3) is 3.02. The zero-order valence-electron chi connectivity index (χ0n) is 7.51. The summed E-state index contributed by atoms with van der Waals surface area (Å²) in [6, 6.07) is -0.328. The number of carbonyl (C=O) groups excluding carboxylic acids is 2. The molecule has 1 fully saturated rings. The second-order valence-corrected chi connectivity index (χ2v) is 3.09. The predicted molar refractivity (Wildman–Crippen MR) is 47.8 cm³/mol. The maximum absolute atomic E-state index is 11.3. The highest BCUT2D eigenvalue weighted by molar-refractivity contribution is 5.90. The lowest BCUT2D eigenvalue weighted by Crippen LogP contribution is -2.42. The van der Waals surface area contributed by atoms with Crippen LogP contribution in [0.2, 0.25) is 0 Å². The molecule has 1 atom stereocenters. The van der Waals surface area contributed by atoms with Crippen molar-refractivity contribution < 1.29 is 9.59 Å². The minimum absolute atomic E-state index is 0.0426. The maximum atomic E-state index is 11.3. The highest BCUT2D eigenvalue weighted by atomic mass is 16.2. The van der Waals surface area contributed by atoms with Gasteiger partial charge in [0.1, 0.15) is 6.04 Å². The molecule has 5 nitrogen and oxygen atoms in total. The quantitative estimate of drug-likeness (QED) is 0.477. The van der Waals surface area contributed by atoms with Gasteiger partial charge in [-0.05, 0) is 19.4 Å². The summed E-state index contributed by atoms with van der Waals surface area (Å²) in [5.74, 6) is -0.140. The zero-order valence-corrected chi connectivity index (χ0v) is 7.51. The first-order valence-corrected chi connectivity index (χ1v) is 4.51.